The van der Waals surface area contributed by atoms with E-state index in [2.05, 4.69) is 10.5 Å². The van der Waals surface area contributed by atoms with Crippen LogP contribution in [0.25, 0.3) is 10.9 Å². The Morgan fingerprint density at radius 1 is 1.16 bits per heavy atom. The second kappa shape index (κ2) is 7.19. The first-order valence-corrected chi connectivity index (χ1v) is 7.87. The number of nitrogens with two attached hydrogens (primary N) is 1. The van der Waals surface area contributed by atoms with E-state index in [0.29, 0.717) is 10.6 Å². The molecule has 6 nitrogen and oxygen atoms in total. The molecule has 3 aromatic rings. The van der Waals surface area contributed by atoms with Gasteiger partial charge in [-0.3, -0.25) is 9.59 Å². The van der Waals surface area contributed by atoms with E-state index in [1.54, 1.807) is 35.0 Å². The van der Waals surface area contributed by atoms with Gasteiger partial charge in [0.2, 0.25) is 5.91 Å². The zero-order valence-corrected chi connectivity index (χ0v) is 13.9. The van der Waals surface area contributed by atoms with E-state index in [1.165, 1.54) is 6.21 Å². The number of rotatable bonds is 5. The average Bonchev–Trinajstić information content (AvgIpc) is 2.93. The van der Waals surface area contributed by atoms with Crippen LogP contribution in [-0.4, -0.2) is 22.6 Å². The van der Waals surface area contributed by atoms with Gasteiger partial charge in [0.05, 0.1) is 6.21 Å². The maximum atomic E-state index is 12.0. The van der Waals surface area contributed by atoms with Crippen molar-refractivity contribution >= 4 is 40.5 Å². The summed E-state index contributed by atoms with van der Waals surface area (Å²) < 4.78 is 1.75. The van der Waals surface area contributed by atoms with Crippen LogP contribution in [0.15, 0.2) is 59.8 Å². The number of primary amides is 1. The molecule has 126 valence electrons. The smallest absolute Gasteiger partial charge is 0.271 e. The van der Waals surface area contributed by atoms with Gasteiger partial charge in [-0.1, -0.05) is 29.8 Å². The summed E-state index contributed by atoms with van der Waals surface area (Å²) in [6.45, 7) is 0.0749. The normalized spacial score (nSPS) is 11.1. The first kappa shape index (κ1) is 16.7. The van der Waals surface area contributed by atoms with E-state index < -0.39 is 5.91 Å². The summed E-state index contributed by atoms with van der Waals surface area (Å²) >= 11 is 5.80. The molecule has 7 heteroatoms. The van der Waals surface area contributed by atoms with Crippen LogP contribution >= 0.6 is 11.6 Å². The Bertz CT molecular complexity index is 961. The summed E-state index contributed by atoms with van der Waals surface area (Å²) in [5.74, 6) is -0.769. The third-order valence-corrected chi connectivity index (χ3v) is 3.87. The number of halogens is 1. The number of hydrazone groups is 1. The minimum Gasteiger partial charge on any atom is -0.368 e. The molecule has 0 fully saturated rings. The number of carbonyl (C=O) groups excluding carboxylic acids is 2. The van der Waals surface area contributed by atoms with Crippen molar-refractivity contribution in [3.05, 3.63) is 70.9 Å². The molecule has 0 spiro atoms. The molecule has 0 saturated heterocycles. The van der Waals surface area contributed by atoms with Gasteiger partial charge in [0.25, 0.3) is 5.91 Å². The van der Waals surface area contributed by atoms with Gasteiger partial charge in [0.1, 0.15) is 6.54 Å². The largest absolute Gasteiger partial charge is 0.368 e. The van der Waals surface area contributed by atoms with Crippen molar-refractivity contribution < 1.29 is 9.59 Å². The minimum absolute atomic E-state index is 0.0749. The molecular formula is C18H15ClN4O2. The van der Waals surface area contributed by atoms with Crippen LogP contribution in [0.3, 0.4) is 0 Å². The van der Waals surface area contributed by atoms with E-state index in [9.17, 15) is 9.59 Å². The Hall–Kier alpha value is -3.12. The lowest BCUT2D eigenvalue weighted by Crippen LogP contribution is -2.18. The number of aromatic nitrogens is 1. The fraction of sp³-hybridized carbons (Fsp3) is 0.0556. The standard InChI is InChI=1S/C18H15ClN4O2/c19-14-7-5-12(6-8-14)18(25)22-21-9-13-10-23(11-17(20)24)16-4-2-1-3-15(13)16/h1-10H,11H2,(H2,20,24)(H,22,25)/b21-9-. The Morgan fingerprint density at radius 2 is 1.88 bits per heavy atom. The molecule has 0 unspecified atom stereocenters. The number of benzene rings is 2. The van der Waals surface area contributed by atoms with Gasteiger partial charge in [0.15, 0.2) is 0 Å². The third kappa shape index (κ3) is 3.87. The molecule has 2 aromatic carbocycles. The topological polar surface area (TPSA) is 89.5 Å². The van der Waals surface area contributed by atoms with Crippen LogP contribution in [0.4, 0.5) is 0 Å². The second-order valence-corrected chi connectivity index (χ2v) is 5.84. The summed E-state index contributed by atoms with van der Waals surface area (Å²) in [5, 5.41) is 5.46. The Kier molecular flexibility index (Phi) is 4.81. The van der Waals surface area contributed by atoms with Crippen LogP contribution in [0.1, 0.15) is 15.9 Å². The van der Waals surface area contributed by atoms with Crippen LogP contribution in [-0.2, 0) is 11.3 Å². The van der Waals surface area contributed by atoms with E-state index in [4.69, 9.17) is 17.3 Å². The summed E-state index contributed by atoms with van der Waals surface area (Å²) in [5.41, 5.74) is 9.84. The highest BCUT2D eigenvalue weighted by atomic mass is 35.5. The van der Waals surface area contributed by atoms with Gasteiger partial charge >= 0.3 is 0 Å². The highest BCUT2D eigenvalue weighted by molar-refractivity contribution is 6.30. The predicted octanol–water partition coefficient (Wildman–Crippen LogP) is 2.54. The maximum absolute atomic E-state index is 12.0. The number of carbonyl (C=O) groups is 2. The van der Waals surface area contributed by atoms with Crippen molar-refractivity contribution in [2.45, 2.75) is 6.54 Å². The molecule has 0 aliphatic heterocycles. The van der Waals surface area contributed by atoms with Gasteiger partial charge in [-0.25, -0.2) is 5.43 Å². The summed E-state index contributed by atoms with van der Waals surface area (Å²) in [6, 6.07) is 14.1. The molecule has 0 aliphatic carbocycles. The SMILES string of the molecule is NC(=O)Cn1cc(/C=N\NC(=O)c2ccc(Cl)cc2)c2ccccc21. The van der Waals surface area contributed by atoms with Crippen LogP contribution in [0.2, 0.25) is 5.02 Å². The fourth-order valence-corrected chi connectivity index (χ4v) is 2.63. The lowest BCUT2D eigenvalue weighted by atomic mass is 10.2. The van der Waals surface area contributed by atoms with Crippen molar-refractivity contribution in [2.24, 2.45) is 10.8 Å². The minimum atomic E-state index is -0.430. The van der Waals surface area contributed by atoms with Crippen molar-refractivity contribution in [1.29, 1.82) is 0 Å². The predicted molar refractivity (Wildman–Crippen MR) is 97.6 cm³/mol. The molecular weight excluding hydrogens is 340 g/mol. The monoisotopic (exact) mass is 354 g/mol. The fourth-order valence-electron chi connectivity index (χ4n) is 2.50. The van der Waals surface area contributed by atoms with E-state index in [0.717, 1.165) is 16.5 Å². The van der Waals surface area contributed by atoms with Crippen LogP contribution in [0.5, 0.6) is 0 Å². The molecule has 1 heterocycles. The number of hydrogen-bond donors (Lipinski definition) is 2. The lowest BCUT2D eigenvalue weighted by Gasteiger charge is -2.00. The van der Waals surface area contributed by atoms with Crippen molar-refractivity contribution in [1.82, 2.24) is 9.99 Å². The third-order valence-electron chi connectivity index (χ3n) is 3.62. The molecule has 2 amide bonds. The van der Waals surface area contributed by atoms with E-state index in [-0.39, 0.29) is 12.5 Å². The second-order valence-electron chi connectivity index (χ2n) is 5.40. The van der Waals surface area contributed by atoms with Gasteiger partial charge < -0.3 is 10.3 Å². The first-order valence-electron chi connectivity index (χ1n) is 7.50. The van der Waals surface area contributed by atoms with Crippen LogP contribution < -0.4 is 11.2 Å². The highest BCUT2D eigenvalue weighted by Crippen LogP contribution is 2.19. The van der Waals surface area contributed by atoms with Gasteiger partial charge in [-0.15, -0.1) is 0 Å². The Balaban J connectivity index is 1.80. The van der Waals surface area contributed by atoms with E-state index in [1.807, 2.05) is 24.3 Å². The number of nitrogens with zero attached hydrogens (tertiary/aromatic N) is 2. The zero-order chi connectivity index (χ0) is 17.8. The molecule has 0 radical (unpaired) electrons. The summed E-state index contributed by atoms with van der Waals surface area (Å²) in [6.07, 6.45) is 3.31. The zero-order valence-electron chi connectivity index (χ0n) is 13.1. The molecule has 0 saturated carbocycles. The molecule has 0 aliphatic rings. The number of amides is 2. The number of fused-ring (bicyclic) bond motifs is 1. The number of hydrogen-bond acceptors (Lipinski definition) is 3. The number of nitrogens with one attached hydrogen (secondary N) is 1. The summed E-state index contributed by atoms with van der Waals surface area (Å²) in [4.78, 5) is 23.2. The van der Waals surface area contributed by atoms with Crippen molar-refractivity contribution in [3.8, 4) is 0 Å². The molecule has 0 bridgehead atoms. The Morgan fingerprint density at radius 3 is 2.60 bits per heavy atom. The molecule has 3 N–H and O–H groups in total. The molecule has 1 aromatic heterocycles. The quantitative estimate of drug-likeness (QED) is 0.544. The van der Waals surface area contributed by atoms with Crippen LogP contribution in [0, 0.1) is 0 Å². The van der Waals surface area contributed by atoms with Gasteiger partial charge in [0, 0.05) is 33.2 Å². The Labute approximate surface area is 148 Å². The van der Waals surface area contributed by atoms with Crippen molar-refractivity contribution in [2.75, 3.05) is 0 Å². The molecule has 3 rings (SSSR count). The van der Waals surface area contributed by atoms with Gasteiger partial charge in [-0.05, 0) is 30.3 Å². The van der Waals surface area contributed by atoms with Gasteiger partial charge in [-0.2, -0.15) is 5.10 Å². The van der Waals surface area contributed by atoms with Crippen molar-refractivity contribution in [3.63, 3.8) is 0 Å². The molecule has 0 atom stereocenters. The maximum Gasteiger partial charge on any atom is 0.271 e. The number of para-hydroxylation sites is 1. The highest BCUT2D eigenvalue weighted by Gasteiger charge is 2.08. The lowest BCUT2D eigenvalue weighted by molar-refractivity contribution is -0.118. The average molecular weight is 355 g/mol. The molecule has 25 heavy (non-hydrogen) atoms. The first-order chi connectivity index (χ1) is 12.0. The summed E-state index contributed by atoms with van der Waals surface area (Å²) in [7, 11) is 0. The van der Waals surface area contributed by atoms with E-state index >= 15 is 0 Å².